The van der Waals surface area contributed by atoms with Crippen LogP contribution in [0.1, 0.15) is 37.3 Å². The van der Waals surface area contributed by atoms with Crippen LogP contribution in [0.4, 0.5) is 43.9 Å². The fourth-order valence-electron chi connectivity index (χ4n) is 4.98. The third-order valence-electron chi connectivity index (χ3n) is 7.30. The molecule has 4 nitrogen and oxygen atoms in total. The Kier molecular flexibility index (Phi) is 10.2. The van der Waals surface area contributed by atoms with Gasteiger partial charge in [0.1, 0.15) is 34.6 Å². The van der Waals surface area contributed by atoms with Crippen LogP contribution in [-0.4, -0.2) is 16.3 Å². The van der Waals surface area contributed by atoms with Gasteiger partial charge in [0.05, 0.1) is 0 Å². The number of aryl methyl sites for hydroxylation is 1. The van der Waals surface area contributed by atoms with Crippen LogP contribution in [0.25, 0.3) is 33.6 Å². The lowest BCUT2D eigenvalue weighted by molar-refractivity contribution is -0.275. The maximum atomic E-state index is 15.1. The first-order valence-corrected chi connectivity index (χ1v) is 14.7. The van der Waals surface area contributed by atoms with Crippen LogP contribution in [0.15, 0.2) is 79.1 Å². The second-order valence-electron chi connectivity index (χ2n) is 10.8. The van der Waals surface area contributed by atoms with Gasteiger partial charge in [-0.3, -0.25) is 0 Å². The molecule has 5 rings (SSSR count). The summed E-state index contributed by atoms with van der Waals surface area (Å²) in [5.74, 6) is -8.96. The van der Waals surface area contributed by atoms with Gasteiger partial charge in [0.25, 0.3) is 0 Å². The summed E-state index contributed by atoms with van der Waals surface area (Å²) in [6.45, 7) is 2.05. The van der Waals surface area contributed by atoms with E-state index in [2.05, 4.69) is 19.4 Å². The smallest absolute Gasteiger partial charge is 0.429 e. The molecule has 14 heteroatoms. The fraction of sp³-hybridized carbons (Fsp3) is 0.200. The van der Waals surface area contributed by atoms with Crippen molar-refractivity contribution in [3.8, 4) is 45.1 Å². The van der Waals surface area contributed by atoms with Crippen LogP contribution in [0.3, 0.4) is 0 Å². The van der Waals surface area contributed by atoms with Gasteiger partial charge in [0.15, 0.2) is 17.4 Å². The molecule has 0 aliphatic heterocycles. The van der Waals surface area contributed by atoms with E-state index in [0.717, 1.165) is 55.2 Å². The maximum Gasteiger partial charge on any atom is 0.573 e. The highest BCUT2D eigenvalue weighted by atomic mass is 19.4. The Bertz CT molecular complexity index is 1940. The van der Waals surface area contributed by atoms with Crippen molar-refractivity contribution in [2.75, 3.05) is 0 Å². The highest BCUT2D eigenvalue weighted by molar-refractivity contribution is 5.72. The van der Waals surface area contributed by atoms with Crippen LogP contribution >= 0.6 is 0 Å². The average molecular weight is 695 g/mol. The summed E-state index contributed by atoms with van der Waals surface area (Å²) in [4.78, 5) is 8.15. The quantitative estimate of drug-likeness (QED) is 0.102. The van der Waals surface area contributed by atoms with Gasteiger partial charge in [-0.2, -0.15) is 8.78 Å². The molecule has 0 aliphatic rings. The summed E-state index contributed by atoms with van der Waals surface area (Å²) >= 11 is 0. The summed E-state index contributed by atoms with van der Waals surface area (Å²) in [6.07, 6.45) is -3.16. The van der Waals surface area contributed by atoms with Crippen molar-refractivity contribution in [3.63, 3.8) is 0 Å². The number of aromatic nitrogens is 2. The molecule has 4 aromatic carbocycles. The SMILES string of the molecule is CCCCCc1cnc(-c2cc(F)c(C(F)(F)Oc3ccc(-c4ccc(-c5ccc(OC(F)(F)F)c(F)c5)c(F)c4)c(F)c3)c(F)c2)nc1. The maximum absolute atomic E-state index is 15.1. The van der Waals surface area contributed by atoms with Crippen molar-refractivity contribution < 1.29 is 53.4 Å². The highest BCUT2D eigenvalue weighted by Gasteiger charge is 2.41. The topological polar surface area (TPSA) is 44.2 Å². The normalized spacial score (nSPS) is 11.9. The Morgan fingerprint density at radius 3 is 1.69 bits per heavy atom. The van der Waals surface area contributed by atoms with Crippen LogP contribution < -0.4 is 9.47 Å². The van der Waals surface area contributed by atoms with Crippen LogP contribution in [0.5, 0.6) is 11.5 Å². The summed E-state index contributed by atoms with van der Waals surface area (Å²) < 4.78 is 149. The Morgan fingerprint density at radius 1 is 0.592 bits per heavy atom. The van der Waals surface area contributed by atoms with E-state index in [1.165, 1.54) is 18.5 Å². The number of benzene rings is 4. The lowest BCUT2D eigenvalue weighted by Crippen LogP contribution is -2.25. The molecule has 0 amide bonds. The first kappa shape index (κ1) is 35.2. The van der Waals surface area contributed by atoms with Gasteiger partial charge in [-0.1, -0.05) is 38.0 Å². The standard InChI is InChI=1S/C35H24F10N2O2/c1-2-3-4-5-19-17-46-33(47-18-19)22-14-29(39)32(30(40)15-22)34(41,42)48-23-8-10-25(27(37)16-23)20-6-9-24(26(36)12-20)21-7-11-31(28(38)13-21)49-35(43,44)45/h6-18H,2-5H2,1H3. The Morgan fingerprint density at radius 2 is 1.14 bits per heavy atom. The fourth-order valence-corrected chi connectivity index (χ4v) is 4.98. The Hall–Kier alpha value is -5.14. The molecule has 1 aromatic heterocycles. The van der Waals surface area contributed by atoms with Gasteiger partial charge in [-0.25, -0.2) is 31.9 Å². The van der Waals surface area contributed by atoms with Crippen molar-refractivity contribution >= 4 is 0 Å². The molecular formula is C35H24F10N2O2. The van der Waals surface area contributed by atoms with Crippen LogP contribution in [0, 0.1) is 29.1 Å². The third kappa shape index (κ3) is 8.30. The number of hydrogen-bond donors (Lipinski definition) is 0. The summed E-state index contributed by atoms with van der Waals surface area (Å²) in [5, 5.41) is 0. The number of alkyl halides is 5. The Balaban J connectivity index is 1.32. The predicted octanol–water partition coefficient (Wildman–Crippen LogP) is 10.9. The second kappa shape index (κ2) is 14.1. The van der Waals surface area contributed by atoms with E-state index < -0.39 is 58.6 Å². The van der Waals surface area contributed by atoms with Crippen molar-refractivity contribution in [2.24, 2.45) is 0 Å². The van der Waals surface area contributed by atoms with Crippen molar-refractivity contribution in [1.29, 1.82) is 0 Å². The molecule has 0 saturated heterocycles. The highest BCUT2D eigenvalue weighted by Crippen LogP contribution is 2.38. The molecule has 0 radical (unpaired) electrons. The van der Waals surface area contributed by atoms with E-state index in [-0.39, 0.29) is 33.6 Å². The molecule has 1 heterocycles. The van der Waals surface area contributed by atoms with E-state index in [0.29, 0.717) is 36.8 Å². The molecule has 0 fully saturated rings. The van der Waals surface area contributed by atoms with Gasteiger partial charge in [-0.05, 0) is 72.0 Å². The summed E-state index contributed by atoms with van der Waals surface area (Å²) in [7, 11) is 0. The minimum atomic E-state index is -5.15. The largest absolute Gasteiger partial charge is 0.573 e. The molecule has 0 atom stereocenters. The number of rotatable bonds is 11. The van der Waals surface area contributed by atoms with E-state index in [1.807, 2.05) is 6.92 Å². The van der Waals surface area contributed by atoms with Gasteiger partial charge < -0.3 is 9.47 Å². The molecule has 49 heavy (non-hydrogen) atoms. The predicted molar refractivity (Wildman–Crippen MR) is 159 cm³/mol. The lowest BCUT2D eigenvalue weighted by atomic mass is 9.99. The van der Waals surface area contributed by atoms with E-state index in [1.54, 1.807) is 0 Å². The molecule has 0 unspecified atom stereocenters. The lowest BCUT2D eigenvalue weighted by Gasteiger charge is -2.20. The van der Waals surface area contributed by atoms with Gasteiger partial charge in [0, 0.05) is 35.2 Å². The Labute approximate surface area is 273 Å². The van der Waals surface area contributed by atoms with Gasteiger partial charge in [-0.15, -0.1) is 13.2 Å². The number of nitrogens with zero attached hydrogens (tertiary/aromatic N) is 2. The van der Waals surface area contributed by atoms with Crippen molar-refractivity contribution in [2.45, 2.75) is 45.1 Å². The van der Waals surface area contributed by atoms with E-state index >= 15 is 13.2 Å². The number of hydrogen-bond acceptors (Lipinski definition) is 4. The molecule has 0 saturated carbocycles. The number of halogens is 10. The van der Waals surface area contributed by atoms with Crippen molar-refractivity contribution in [3.05, 3.63) is 119 Å². The molecular weight excluding hydrogens is 670 g/mol. The minimum Gasteiger partial charge on any atom is -0.429 e. The zero-order valence-electron chi connectivity index (χ0n) is 25.3. The molecule has 0 aliphatic carbocycles. The van der Waals surface area contributed by atoms with Crippen molar-refractivity contribution in [1.82, 2.24) is 9.97 Å². The number of unbranched alkanes of at least 4 members (excludes halogenated alkanes) is 2. The molecule has 0 bridgehead atoms. The summed E-state index contributed by atoms with van der Waals surface area (Å²) in [6, 6.07) is 8.97. The van der Waals surface area contributed by atoms with Crippen LogP contribution in [0.2, 0.25) is 0 Å². The van der Waals surface area contributed by atoms with E-state index in [4.69, 9.17) is 0 Å². The van der Waals surface area contributed by atoms with Crippen LogP contribution in [-0.2, 0) is 12.5 Å². The first-order valence-electron chi connectivity index (χ1n) is 14.7. The zero-order valence-corrected chi connectivity index (χ0v) is 25.3. The third-order valence-corrected chi connectivity index (χ3v) is 7.30. The first-order chi connectivity index (χ1) is 23.1. The summed E-state index contributed by atoms with van der Waals surface area (Å²) in [5.41, 5.74) is -1.91. The zero-order chi connectivity index (χ0) is 35.5. The molecule has 0 spiro atoms. The second-order valence-corrected chi connectivity index (χ2v) is 10.8. The molecule has 5 aromatic rings. The van der Waals surface area contributed by atoms with E-state index in [9.17, 15) is 30.7 Å². The number of ether oxygens (including phenoxy) is 2. The van der Waals surface area contributed by atoms with Gasteiger partial charge >= 0.3 is 12.5 Å². The minimum absolute atomic E-state index is 0.0874. The average Bonchev–Trinajstić information content (AvgIpc) is 3.01. The molecule has 256 valence electrons. The monoisotopic (exact) mass is 694 g/mol. The van der Waals surface area contributed by atoms with Gasteiger partial charge in [0.2, 0.25) is 0 Å². The molecule has 0 N–H and O–H groups in total.